The Morgan fingerprint density at radius 1 is 1.77 bits per heavy atom. The largest absolute Gasteiger partial charge is 0.464 e. The van der Waals surface area contributed by atoms with Gasteiger partial charge in [-0.15, -0.1) is 0 Å². The summed E-state index contributed by atoms with van der Waals surface area (Å²) in [7, 11) is 0. The molecule has 0 spiro atoms. The molecule has 1 unspecified atom stereocenters. The zero-order valence-corrected chi connectivity index (χ0v) is 7.94. The highest BCUT2D eigenvalue weighted by Gasteiger charge is 2.31. The van der Waals surface area contributed by atoms with Gasteiger partial charge in [0, 0.05) is 0 Å². The molecule has 1 heterocycles. The van der Waals surface area contributed by atoms with Crippen LogP contribution >= 0.6 is 12.2 Å². The van der Waals surface area contributed by atoms with E-state index >= 15 is 0 Å². The average Bonchev–Trinajstić information content (AvgIpc) is 2.09. The highest BCUT2D eigenvalue weighted by Crippen LogP contribution is 1.95. The number of ether oxygens (including phenoxy) is 1. The molecule has 0 bridgehead atoms. The maximum atomic E-state index is 11.2. The lowest BCUT2D eigenvalue weighted by Gasteiger charge is -2.23. The second-order valence-electron chi connectivity index (χ2n) is 2.48. The number of carbonyl (C=O) groups excluding carboxylic acids is 2. The second-order valence-corrected chi connectivity index (χ2v) is 2.89. The minimum Gasteiger partial charge on any atom is -0.464 e. The smallest absolute Gasteiger partial charge is 0.336 e. The van der Waals surface area contributed by atoms with Gasteiger partial charge in [-0.25, -0.2) is 4.79 Å². The van der Waals surface area contributed by atoms with Crippen molar-refractivity contribution in [1.82, 2.24) is 10.6 Å². The van der Waals surface area contributed by atoms with Crippen molar-refractivity contribution < 1.29 is 14.3 Å². The van der Waals surface area contributed by atoms with Crippen molar-refractivity contribution in [2.75, 3.05) is 13.2 Å². The molecule has 0 aromatic carbocycles. The lowest BCUT2D eigenvalue weighted by Crippen LogP contribution is -2.58. The molecule has 1 saturated heterocycles. The van der Waals surface area contributed by atoms with Crippen LogP contribution in [0.4, 0.5) is 0 Å². The Kier molecular flexibility index (Phi) is 3.18. The molecule has 6 heteroatoms. The first kappa shape index (κ1) is 9.91. The minimum atomic E-state index is -0.936. The van der Waals surface area contributed by atoms with E-state index in [-0.39, 0.29) is 18.9 Å². The summed E-state index contributed by atoms with van der Waals surface area (Å²) < 4.78 is 4.69. The van der Waals surface area contributed by atoms with Crippen LogP contribution in [0.25, 0.3) is 0 Å². The molecule has 1 rings (SSSR count). The Morgan fingerprint density at radius 3 is 3.08 bits per heavy atom. The molecule has 2 N–H and O–H groups in total. The molecular weight excluding hydrogens is 192 g/mol. The van der Waals surface area contributed by atoms with Gasteiger partial charge in [-0.1, -0.05) is 0 Å². The van der Waals surface area contributed by atoms with Gasteiger partial charge in [0.15, 0.2) is 16.9 Å². The molecule has 0 saturated carbocycles. The van der Waals surface area contributed by atoms with Gasteiger partial charge in [-0.05, 0) is 19.1 Å². The fraction of sp³-hybridized carbons (Fsp3) is 0.571. The third-order valence-electron chi connectivity index (χ3n) is 1.54. The number of carbonyl (C=O) groups is 2. The summed E-state index contributed by atoms with van der Waals surface area (Å²) in [5.41, 5.74) is 0. The predicted molar refractivity (Wildman–Crippen MR) is 49.2 cm³/mol. The molecule has 0 aromatic heterocycles. The van der Waals surface area contributed by atoms with E-state index in [0.717, 1.165) is 0 Å². The first-order chi connectivity index (χ1) is 6.15. The summed E-state index contributed by atoms with van der Waals surface area (Å²) in [6.45, 7) is 2.02. The van der Waals surface area contributed by atoms with E-state index in [2.05, 4.69) is 10.6 Å². The van der Waals surface area contributed by atoms with Crippen molar-refractivity contribution in [2.45, 2.75) is 13.0 Å². The van der Waals surface area contributed by atoms with Crippen molar-refractivity contribution >= 4 is 29.1 Å². The molecular formula is C7H10N2O3S. The van der Waals surface area contributed by atoms with Crippen LogP contribution in [-0.2, 0) is 14.3 Å². The van der Waals surface area contributed by atoms with E-state index in [0.29, 0.717) is 5.11 Å². The van der Waals surface area contributed by atoms with Crippen LogP contribution in [0, 0.1) is 0 Å². The fourth-order valence-electron chi connectivity index (χ4n) is 0.948. The topological polar surface area (TPSA) is 67.4 Å². The lowest BCUT2D eigenvalue weighted by atomic mass is 10.1. The maximum Gasteiger partial charge on any atom is 0.336 e. The number of Topliss-reactive ketones (excluding diaryl/α,β-unsaturated/α-hetero) is 1. The fourth-order valence-corrected chi connectivity index (χ4v) is 1.14. The monoisotopic (exact) mass is 202 g/mol. The van der Waals surface area contributed by atoms with E-state index in [1.54, 1.807) is 6.92 Å². The zero-order chi connectivity index (χ0) is 9.84. The third-order valence-corrected chi connectivity index (χ3v) is 1.81. The maximum absolute atomic E-state index is 11.2. The van der Waals surface area contributed by atoms with Crippen LogP contribution < -0.4 is 10.6 Å². The van der Waals surface area contributed by atoms with Crippen LogP contribution in [0.3, 0.4) is 0 Å². The number of nitrogens with one attached hydrogen (secondary N) is 2. The highest BCUT2D eigenvalue weighted by atomic mass is 32.1. The lowest BCUT2D eigenvalue weighted by molar-refractivity contribution is -0.148. The van der Waals surface area contributed by atoms with Crippen LogP contribution in [0.5, 0.6) is 0 Å². The van der Waals surface area contributed by atoms with Crippen molar-refractivity contribution in [2.24, 2.45) is 0 Å². The Bertz CT molecular complexity index is 254. The van der Waals surface area contributed by atoms with Gasteiger partial charge in [0.1, 0.15) is 0 Å². The summed E-state index contributed by atoms with van der Waals surface area (Å²) in [5.74, 6) is -0.830. The summed E-state index contributed by atoms with van der Waals surface area (Å²) in [4.78, 5) is 22.3. The first-order valence-corrected chi connectivity index (χ1v) is 4.29. The van der Waals surface area contributed by atoms with Crippen LogP contribution in [0.15, 0.2) is 0 Å². The van der Waals surface area contributed by atoms with Gasteiger partial charge >= 0.3 is 5.97 Å². The standard InChI is InChI=1S/C7H10N2O3S/c1-2-12-6(11)5-4(10)3-8-7(13)9-5/h5H,2-3H2,1H3,(H2,8,9,13). The predicted octanol–water partition coefficient (Wildman–Crippen LogP) is -1.04. The van der Waals surface area contributed by atoms with E-state index in [1.165, 1.54) is 0 Å². The summed E-state index contributed by atoms with van der Waals surface area (Å²) in [5, 5.41) is 5.47. The van der Waals surface area contributed by atoms with E-state index in [4.69, 9.17) is 17.0 Å². The number of esters is 1. The Balaban J connectivity index is 2.60. The second kappa shape index (κ2) is 4.18. The SMILES string of the molecule is CCOC(=O)C1NC(=S)NCC1=O. The molecule has 0 radical (unpaired) electrons. The number of ketones is 1. The molecule has 13 heavy (non-hydrogen) atoms. The Morgan fingerprint density at radius 2 is 2.46 bits per heavy atom. The van der Waals surface area contributed by atoms with Crippen molar-refractivity contribution in [3.05, 3.63) is 0 Å². The van der Waals surface area contributed by atoms with Crippen molar-refractivity contribution in [1.29, 1.82) is 0 Å². The Labute approximate surface area is 80.8 Å². The third kappa shape index (κ3) is 2.38. The van der Waals surface area contributed by atoms with Crippen LogP contribution in [-0.4, -0.2) is 36.1 Å². The molecule has 5 nitrogen and oxygen atoms in total. The van der Waals surface area contributed by atoms with E-state index < -0.39 is 12.0 Å². The van der Waals surface area contributed by atoms with Gasteiger partial charge < -0.3 is 15.4 Å². The number of hydrogen-bond donors (Lipinski definition) is 2. The van der Waals surface area contributed by atoms with Crippen LogP contribution in [0.2, 0.25) is 0 Å². The molecule has 1 fully saturated rings. The number of thiocarbonyl (C=S) groups is 1. The molecule has 0 amide bonds. The normalized spacial score (nSPS) is 21.8. The van der Waals surface area contributed by atoms with Gasteiger partial charge in [-0.3, -0.25) is 4.79 Å². The molecule has 0 aliphatic carbocycles. The van der Waals surface area contributed by atoms with Gasteiger partial charge in [0.25, 0.3) is 0 Å². The quantitative estimate of drug-likeness (QED) is 0.339. The molecule has 0 aromatic rings. The van der Waals surface area contributed by atoms with Gasteiger partial charge in [0.2, 0.25) is 0 Å². The molecule has 1 aliphatic heterocycles. The van der Waals surface area contributed by atoms with E-state index in [9.17, 15) is 9.59 Å². The van der Waals surface area contributed by atoms with Crippen molar-refractivity contribution in [3.8, 4) is 0 Å². The van der Waals surface area contributed by atoms with Crippen molar-refractivity contribution in [3.63, 3.8) is 0 Å². The van der Waals surface area contributed by atoms with Crippen LogP contribution in [0.1, 0.15) is 6.92 Å². The molecule has 72 valence electrons. The highest BCUT2D eigenvalue weighted by molar-refractivity contribution is 7.80. The summed E-state index contributed by atoms with van der Waals surface area (Å²) >= 11 is 4.76. The first-order valence-electron chi connectivity index (χ1n) is 3.89. The van der Waals surface area contributed by atoms with Gasteiger partial charge in [0.05, 0.1) is 13.2 Å². The molecule has 1 atom stereocenters. The minimum absolute atomic E-state index is 0.0787. The number of hydrogen-bond acceptors (Lipinski definition) is 4. The summed E-state index contributed by atoms with van der Waals surface area (Å²) in [6.07, 6.45) is 0. The molecule has 1 aliphatic rings. The summed E-state index contributed by atoms with van der Waals surface area (Å²) in [6, 6.07) is -0.936. The van der Waals surface area contributed by atoms with E-state index in [1.807, 2.05) is 0 Å². The average molecular weight is 202 g/mol. The number of rotatable bonds is 2. The Hall–Kier alpha value is -1.17. The zero-order valence-electron chi connectivity index (χ0n) is 7.12. The van der Waals surface area contributed by atoms with Gasteiger partial charge in [-0.2, -0.15) is 0 Å².